The SMILES string of the molecule is CCc1cc(Br)ccc1NC(=O)C1COCC1N. The van der Waals surface area contributed by atoms with Crippen LogP contribution in [0.1, 0.15) is 12.5 Å². The third kappa shape index (κ3) is 2.91. The molecule has 3 N–H and O–H groups in total. The molecule has 0 saturated carbocycles. The van der Waals surface area contributed by atoms with Crippen molar-refractivity contribution in [2.24, 2.45) is 11.7 Å². The number of carbonyl (C=O) groups excluding carboxylic acids is 1. The molecule has 0 spiro atoms. The van der Waals surface area contributed by atoms with Crippen molar-refractivity contribution in [3.63, 3.8) is 0 Å². The van der Waals surface area contributed by atoms with E-state index >= 15 is 0 Å². The average molecular weight is 313 g/mol. The Morgan fingerprint density at radius 3 is 2.94 bits per heavy atom. The van der Waals surface area contributed by atoms with E-state index in [2.05, 4.69) is 28.2 Å². The second-order valence-electron chi connectivity index (χ2n) is 4.45. The lowest BCUT2D eigenvalue weighted by Crippen LogP contribution is -2.37. The van der Waals surface area contributed by atoms with Crippen molar-refractivity contribution in [2.45, 2.75) is 19.4 Å². The highest BCUT2D eigenvalue weighted by molar-refractivity contribution is 9.10. The van der Waals surface area contributed by atoms with Crippen molar-refractivity contribution in [2.75, 3.05) is 18.5 Å². The van der Waals surface area contributed by atoms with Crippen LogP contribution in [0.4, 0.5) is 5.69 Å². The molecule has 5 heteroatoms. The number of nitrogens with one attached hydrogen (secondary N) is 1. The molecule has 2 atom stereocenters. The molecule has 0 bridgehead atoms. The second kappa shape index (κ2) is 5.82. The Balaban J connectivity index is 2.11. The standard InChI is InChI=1S/C13H17BrN2O2/c1-2-8-5-9(14)3-4-12(8)16-13(17)10-6-18-7-11(10)15/h3-5,10-11H,2,6-7,15H2,1H3,(H,16,17). The van der Waals surface area contributed by atoms with Crippen LogP contribution in [0.5, 0.6) is 0 Å². The van der Waals surface area contributed by atoms with Gasteiger partial charge in [-0.1, -0.05) is 22.9 Å². The van der Waals surface area contributed by atoms with Gasteiger partial charge >= 0.3 is 0 Å². The predicted octanol–water partition coefficient (Wildman–Crippen LogP) is 1.92. The summed E-state index contributed by atoms with van der Waals surface area (Å²) in [6.45, 7) is 2.92. The van der Waals surface area contributed by atoms with E-state index in [0.29, 0.717) is 13.2 Å². The van der Waals surface area contributed by atoms with Gasteiger partial charge in [0.1, 0.15) is 0 Å². The molecule has 1 aromatic rings. The van der Waals surface area contributed by atoms with Crippen molar-refractivity contribution in [3.8, 4) is 0 Å². The van der Waals surface area contributed by atoms with E-state index in [4.69, 9.17) is 10.5 Å². The van der Waals surface area contributed by atoms with Crippen LogP contribution >= 0.6 is 15.9 Å². The highest BCUT2D eigenvalue weighted by atomic mass is 79.9. The number of ether oxygens (including phenoxy) is 1. The molecule has 1 fully saturated rings. The van der Waals surface area contributed by atoms with Gasteiger partial charge in [-0.05, 0) is 30.2 Å². The minimum Gasteiger partial charge on any atom is -0.379 e. The van der Waals surface area contributed by atoms with Crippen molar-refractivity contribution < 1.29 is 9.53 Å². The maximum absolute atomic E-state index is 12.1. The summed E-state index contributed by atoms with van der Waals surface area (Å²) in [5.74, 6) is -0.310. The smallest absolute Gasteiger partial charge is 0.231 e. The zero-order chi connectivity index (χ0) is 13.1. The van der Waals surface area contributed by atoms with Gasteiger partial charge in [0.05, 0.1) is 19.1 Å². The number of rotatable bonds is 3. The Kier molecular flexibility index (Phi) is 4.37. The molecular formula is C13H17BrN2O2. The molecule has 1 heterocycles. The van der Waals surface area contributed by atoms with Crippen LogP contribution in [0.25, 0.3) is 0 Å². The number of hydrogen-bond donors (Lipinski definition) is 2. The molecular weight excluding hydrogens is 296 g/mol. The van der Waals surface area contributed by atoms with Crippen molar-refractivity contribution in [3.05, 3.63) is 28.2 Å². The fourth-order valence-electron chi connectivity index (χ4n) is 2.04. The number of aryl methyl sites for hydroxylation is 1. The summed E-state index contributed by atoms with van der Waals surface area (Å²) in [7, 11) is 0. The quantitative estimate of drug-likeness (QED) is 0.896. The Bertz CT molecular complexity index is 451. The molecule has 1 aromatic carbocycles. The normalized spacial score (nSPS) is 23.1. The van der Waals surface area contributed by atoms with Crippen LogP contribution in [-0.2, 0) is 16.0 Å². The van der Waals surface area contributed by atoms with Crippen molar-refractivity contribution in [1.82, 2.24) is 0 Å². The Labute approximate surface area is 115 Å². The number of halogens is 1. The first-order chi connectivity index (χ1) is 8.61. The van der Waals surface area contributed by atoms with Crippen LogP contribution < -0.4 is 11.1 Å². The first-order valence-corrected chi connectivity index (χ1v) is 6.83. The van der Waals surface area contributed by atoms with Gasteiger partial charge in [-0.3, -0.25) is 4.79 Å². The Morgan fingerprint density at radius 1 is 1.56 bits per heavy atom. The third-order valence-corrected chi connectivity index (χ3v) is 3.66. The van der Waals surface area contributed by atoms with Gasteiger partial charge in [-0.2, -0.15) is 0 Å². The summed E-state index contributed by atoms with van der Waals surface area (Å²) in [4.78, 5) is 12.1. The fraction of sp³-hybridized carbons (Fsp3) is 0.462. The lowest BCUT2D eigenvalue weighted by Gasteiger charge is -2.15. The number of anilines is 1. The molecule has 4 nitrogen and oxygen atoms in total. The topological polar surface area (TPSA) is 64.3 Å². The van der Waals surface area contributed by atoms with E-state index in [9.17, 15) is 4.79 Å². The van der Waals surface area contributed by atoms with E-state index in [1.807, 2.05) is 18.2 Å². The van der Waals surface area contributed by atoms with Crippen LogP contribution in [0.2, 0.25) is 0 Å². The molecule has 0 aromatic heterocycles. The van der Waals surface area contributed by atoms with Gasteiger partial charge < -0.3 is 15.8 Å². The Morgan fingerprint density at radius 2 is 2.33 bits per heavy atom. The summed E-state index contributed by atoms with van der Waals surface area (Å²) in [5, 5.41) is 2.94. The van der Waals surface area contributed by atoms with Crippen molar-refractivity contribution in [1.29, 1.82) is 0 Å². The largest absolute Gasteiger partial charge is 0.379 e. The van der Waals surface area contributed by atoms with Gasteiger partial charge in [0.2, 0.25) is 5.91 Å². The molecule has 1 aliphatic rings. The maximum atomic E-state index is 12.1. The monoisotopic (exact) mass is 312 g/mol. The van der Waals surface area contributed by atoms with Crippen LogP contribution in [0.3, 0.4) is 0 Å². The molecule has 0 radical (unpaired) electrons. The number of amides is 1. The first kappa shape index (κ1) is 13.5. The van der Waals surface area contributed by atoms with E-state index in [1.165, 1.54) is 0 Å². The van der Waals surface area contributed by atoms with Crippen LogP contribution in [-0.4, -0.2) is 25.2 Å². The summed E-state index contributed by atoms with van der Waals surface area (Å²) >= 11 is 3.43. The number of benzene rings is 1. The molecule has 2 unspecified atom stereocenters. The zero-order valence-corrected chi connectivity index (χ0v) is 11.9. The van der Waals surface area contributed by atoms with Crippen molar-refractivity contribution >= 4 is 27.5 Å². The van der Waals surface area contributed by atoms with Crippen LogP contribution in [0.15, 0.2) is 22.7 Å². The molecule has 1 saturated heterocycles. The lowest BCUT2D eigenvalue weighted by molar-refractivity contribution is -0.120. The number of hydrogen-bond acceptors (Lipinski definition) is 3. The lowest BCUT2D eigenvalue weighted by atomic mass is 10.0. The first-order valence-electron chi connectivity index (χ1n) is 6.04. The summed E-state index contributed by atoms with van der Waals surface area (Å²) < 4.78 is 6.22. The van der Waals surface area contributed by atoms with E-state index in [-0.39, 0.29) is 17.9 Å². The predicted molar refractivity (Wildman–Crippen MR) is 74.4 cm³/mol. The highest BCUT2D eigenvalue weighted by Crippen LogP contribution is 2.23. The molecule has 2 rings (SSSR count). The average Bonchev–Trinajstić information content (AvgIpc) is 2.77. The van der Waals surface area contributed by atoms with Gasteiger partial charge in [-0.15, -0.1) is 0 Å². The summed E-state index contributed by atoms with van der Waals surface area (Å²) in [5.41, 5.74) is 7.79. The van der Waals surface area contributed by atoms with Crippen LogP contribution in [0, 0.1) is 5.92 Å². The van der Waals surface area contributed by atoms with Gasteiger partial charge in [0.25, 0.3) is 0 Å². The van der Waals surface area contributed by atoms with Gasteiger partial charge in [-0.25, -0.2) is 0 Å². The molecule has 98 valence electrons. The number of carbonyl (C=O) groups is 1. The van der Waals surface area contributed by atoms with E-state index in [1.54, 1.807) is 0 Å². The minimum absolute atomic E-state index is 0.0583. The molecule has 0 aliphatic carbocycles. The van der Waals surface area contributed by atoms with Gasteiger partial charge in [0.15, 0.2) is 0 Å². The number of nitrogens with two attached hydrogens (primary N) is 1. The minimum atomic E-state index is -0.252. The molecule has 1 amide bonds. The summed E-state index contributed by atoms with van der Waals surface area (Å²) in [6.07, 6.45) is 0.863. The van der Waals surface area contributed by atoms with E-state index in [0.717, 1.165) is 22.1 Å². The second-order valence-corrected chi connectivity index (χ2v) is 5.37. The van der Waals surface area contributed by atoms with Gasteiger partial charge in [0, 0.05) is 16.2 Å². The maximum Gasteiger partial charge on any atom is 0.231 e. The fourth-order valence-corrected chi connectivity index (χ4v) is 2.45. The molecule has 1 aliphatic heterocycles. The highest BCUT2D eigenvalue weighted by Gasteiger charge is 2.31. The third-order valence-electron chi connectivity index (χ3n) is 3.17. The zero-order valence-electron chi connectivity index (χ0n) is 10.3. The molecule has 18 heavy (non-hydrogen) atoms. The van der Waals surface area contributed by atoms with E-state index < -0.39 is 0 Å². The summed E-state index contributed by atoms with van der Waals surface area (Å²) in [6, 6.07) is 5.63. The Hall–Kier alpha value is -0.910.